The average Bonchev–Trinajstić information content (AvgIpc) is 3.27. The molecular formula is C17H18N6. The van der Waals surface area contributed by atoms with Gasteiger partial charge >= 0.3 is 0 Å². The Kier molecular flexibility index (Phi) is 3.71. The van der Waals surface area contributed by atoms with Crippen molar-refractivity contribution in [1.82, 2.24) is 30.2 Å². The van der Waals surface area contributed by atoms with Crippen molar-refractivity contribution in [3.63, 3.8) is 0 Å². The molecule has 1 N–H and O–H groups in total. The fourth-order valence-corrected chi connectivity index (χ4v) is 2.88. The van der Waals surface area contributed by atoms with E-state index in [2.05, 4.69) is 37.6 Å². The Bertz CT molecular complexity index is 801. The van der Waals surface area contributed by atoms with Gasteiger partial charge in [-0.15, -0.1) is 5.10 Å². The number of rotatable bonds is 4. The van der Waals surface area contributed by atoms with Gasteiger partial charge in [-0.25, -0.2) is 9.67 Å². The number of nitrogens with one attached hydrogen (secondary N) is 1. The first kappa shape index (κ1) is 13.9. The molecule has 1 aliphatic carbocycles. The minimum atomic E-state index is 0.489. The van der Waals surface area contributed by atoms with E-state index >= 15 is 0 Å². The molecule has 4 rings (SSSR count). The molecule has 2 aromatic heterocycles. The lowest BCUT2D eigenvalue weighted by Gasteiger charge is -2.13. The summed E-state index contributed by atoms with van der Waals surface area (Å²) in [5.41, 5.74) is 2.07. The summed E-state index contributed by atoms with van der Waals surface area (Å²) >= 11 is 0. The minimum absolute atomic E-state index is 0.489. The lowest BCUT2D eigenvalue weighted by molar-refractivity contribution is 0.597. The van der Waals surface area contributed by atoms with Crippen molar-refractivity contribution in [2.75, 3.05) is 0 Å². The van der Waals surface area contributed by atoms with E-state index in [-0.39, 0.29) is 0 Å². The van der Waals surface area contributed by atoms with E-state index < -0.39 is 0 Å². The van der Waals surface area contributed by atoms with Gasteiger partial charge in [0.15, 0.2) is 5.82 Å². The van der Waals surface area contributed by atoms with Crippen LogP contribution in [-0.4, -0.2) is 30.2 Å². The van der Waals surface area contributed by atoms with Crippen LogP contribution in [-0.2, 0) is 6.54 Å². The molecule has 116 valence electrons. The molecule has 23 heavy (non-hydrogen) atoms. The lowest BCUT2D eigenvalue weighted by atomic mass is 9.92. The summed E-state index contributed by atoms with van der Waals surface area (Å²) in [4.78, 5) is 4.53. The van der Waals surface area contributed by atoms with Crippen LogP contribution in [0.3, 0.4) is 0 Å². The van der Waals surface area contributed by atoms with Gasteiger partial charge in [0.25, 0.3) is 0 Å². The average molecular weight is 306 g/mol. The maximum Gasteiger partial charge on any atom is 0.181 e. The summed E-state index contributed by atoms with van der Waals surface area (Å²) in [7, 11) is 0. The Balaban J connectivity index is 1.47. The number of benzene rings is 1. The van der Waals surface area contributed by atoms with Crippen LogP contribution < -0.4 is 0 Å². The molecule has 1 aromatic carbocycles. The van der Waals surface area contributed by atoms with Crippen LogP contribution >= 0.6 is 0 Å². The largest absolute Gasteiger partial charge is 0.261 e. The van der Waals surface area contributed by atoms with Crippen LogP contribution in [0, 0.1) is 0 Å². The number of H-pyrrole nitrogens is 1. The fourth-order valence-electron chi connectivity index (χ4n) is 2.88. The monoisotopic (exact) mass is 306 g/mol. The molecule has 0 saturated heterocycles. The van der Waals surface area contributed by atoms with Crippen LogP contribution in [0.5, 0.6) is 0 Å². The molecule has 2 heterocycles. The second-order valence-electron chi connectivity index (χ2n) is 5.79. The van der Waals surface area contributed by atoms with Gasteiger partial charge in [-0.1, -0.05) is 47.7 Å². The summed E-state index contributed by atoms with van der Waals surface area (Å²) in [5.74, 6) is 1.98. The number of aromatic amines is 1. The van der Waals surface area contributed by atoms with Gasteiger partial charge < -0.3 is 0 Å². The molecule has 6 heteroatoms. The molecule has 0 unspecified atom stereocenters. The second-order valence-corrected chi connectivity index (χ2v) is 5.79. The van der Waals surface area contributed by atoms with E-state index in [1.807, 2.05) is 41.2 Å². The van der Waals surface area contributed by atoms with Gasteiger partial charge in [0.2, 0.25) is 0 Å². The SMILES string of the molecule is C1=CC[C@@H](c2cn(Cc3nc(-c4ccccc4)n[nH]3)nn2)CC1. The molecule has 0 fully saturated rings. The summed E-state index contributed by atoms with van der Waals surface area (Å²) in [6.45, 7) is 0.551. The number of allylic oxidation sites excluding steroid dienone is 2. The van der Waals surface area contributed by atoms with E-state index in [1.165, 1.54) is 0 Å². The second kappa shape index (κ2) is 6.16. The third-order valence-corrected chi connectivity index (χ3v) is 4.12. The van der Waals surface area contributed by atoms with Crippen molar-refractivity contribution in [1.29, 1.82) is 0 Å². The standard InChI is InChI=1S/C17H18N6/c1-3-7-13(8-4-1)15-11-23(22-19-15)12-16-18-17(21-20-16)14-9-5-2-6-10-14/h1-3,5-6,9-11,13H,4,7-8,12H2,(H,18,20,21)/t13-/m1/s1. The van der Waals surface area contributed by atoms with Crippen LogP contribution in [0.1, 0.15) is 36.7 Å². The first-order chi connectivity index (χ1) is 11.4. The van der Waals surface area contributed by atoms with Crippen molar-refractivity contribution < 1.29 is 0 Å². The molecule has 1 aliphatic rings. The van der Waals surface area contributed by atoms with Crippen molar-refractivity contribution in [3.8, 4) is 11.4 Å². The smallest absolute Gasteiger partial charge is 0.181 e. The Hall–Kier alpha value is -2.76. The fraction of sp³-hybridized carbons (Fsp3) is 0.294. The van der Waals surface area contributed by atoms with Gasteiger partial charge in [0, 0.05) is 17.7 Å². The maximum absolute atomic E-state index is 4.53. The van der Waals surface area contributed by atoms with Gasteiger partial charge in [0.05, 0.1) is 5.69 Å². The number of hydrogen-bond donors (Lipinski definition) is 1. The van der Waals surface area contributed by atoms with Crippen molar-refractivity contribution >= 4 is 0 Å². The molecule has 0 spiro atoms. The topological polar surface area (TPSA) is 72.3 Å². The lowest BCUT2D eigenvalue weighted by Crippen LogP contribution is -2.03. The van der Waals surface area contributed by atoms with Crippen LogP contribution in [0.2, 0.25) is 0 Å². The highest BCUT2D eigenvalue weighted by Crippen LogP contribution is 2.27. The van der Waals surface area contributed by atoms with E-state index in [9.17, 15) is 0 Å². The zero-order chi connectivity index (χ0) is 15.5. The van der Waals surface area contributed by atoms with Gasteiger partial charge in [-0.2, -0.15) is 5.10 Å². The van der Waals surface area contributed by atoms with Crippen molar-refractivity contribution in [3.05, 3.63) is 60.2 Å². The van der Waals surface area contributed by atoms with Crippen LogP contribution in [0.4, 0.5) is 0 Å². The Morgan fingerprint density at radius 2 is 2.09 bits per heavy atom. The number of aromatic nitrogens is 6. The molecule has 0 bridgehead atoms. The summed E-state index contributed by atoms with van der Waals surface area (Å²) in [5, 5.41) is 15.8. The summed E-state index contributed by atoms with van der Waals surface area (Å²) in [6.07, 6.45) is 9.82. The first-order valence-corrected chi connectivity index (χ1v) is 7.90. The normalized spacial score (nSPS) is 17.5. The molecule has 0 amide bonds. The van der Waals surface area contributed by atoms with Gasteiger partial charge in [0.1, 0.15) is 12.4 Å². The Labute approximate surface area is 134 Å². The highest BCUT2D eigenvalue weighted by Gasteiger charge is 2.16. The Morgan fingerprint density at radius 1 is 1.17 bits per heavy atom. The number of hydrogen-bond acceptors (Lipinski definition) is 4. The molecule has 0 radical (unpaired) electrons. The zero-order valence-electron chi connectivity index (χ0n) is 12.8. The van der Waals surface area contributed by atoms with Crippen LogP contribution in [0.25, 0.3) is 11.4 Å². The molecule has 1 atom stereocenters. The van der Waals surface area contributed by atoms with Crippen molar-refractivity contribution in [2.24, 2.45) is 0 Å². The quantitative estimate of drug-likeness (QED) is 0.752. The zero-order valence-corrected chi connectivity index (χ0v) is 12.8. The molecule has 0 saturated carbocycles. The minimum Gasteiger partial charge on any atom is -0.261 e. The summed E-state index contributed by atoms with van der Waals surface area (Å²) < 4.78 is 1.82. The molecule has 3 aromatic rings. The predicted octanol–water partition coefficient (Wildman–Crippen LogP) is 2.94. The van der Waals surface area contributed by atoms with E-state index in [4.69, 9.17) is 0 Å². The van der Waals surface area contributed by atoms with E-state index in [0.717, 1.165) is 36.3 Å². The molecule has 0 aliphatic heterocycles. The third kappa shape index (κ3) is 3.06. The van der Waals surface area contributed by atoms with Gasteiger partial charge in [-0.3, -0.25) is 5.10 Å². The summed E-state index contributed by atoms with van der Waals surface area (Å²) in [6, 6.07) is 9.93. The highest BCUT2D eigenvalue weighted by atomic mass is 15.4. The molecule has 6 nitrogen and oxygen atoms in total. The highest BCUT2D eigenvalue weighted by molar-refractivity contribution is 5.53. The van der Waals surface area contributed by atoms with Crippen molar-refractivity contribution in [2.45, 2.75) is 31.7 Å². The predicted molar refractivity (Wildman–Crippen MR) is 86.7 cm³/mol. The van der Waals surface area contributed by atoms with Gasteiger partial charge in [-0.05, 0) is 19.3 Å². The first-order valence-electron chi connectivity index (χ1n) is 7.90. The Morgan fingerprint density at radius 3 is 2.91 bits per heavy atom. The maximum atomic E-state index is 4.53. The van der Waals surface area contributed by atoms with E-state index in [0.29, 0.717) is 18.3 Å². The third-order valence-electron chi connectivity index (χ3n) is 4.12. The number of nitrogens with zero attached hydrogens (tertiary/aromatic N) is 5. The molecular weight excluding hydrogens is 288 g/mol. The van der Waals surface area contributed by atoms with Crippen LogP contribution in [0.15, 0.2) is 48.7 Å². The van der Waals surface area contributed by atoms with E-state index in [1.54, 1.807) is 0 Å².